The van der Waals surface area contributed by atoms with Gasteiger partial charge in [-0.05, 0) is 36.8 Å². The third kappa shape index (κ3) is 2.48. The summed E-state index contributed by atoms with van der Waals surface area (Å²) in [7, 11) is -3.79. The molecule has 1 saturated carbocycles. The lowest BCUT2D eigenvalue weighted by Crippen LogP contribution is -2.16. The first-order valence-corrected chi connectivity index (χ1v) is 9.64. The van der Waals surface area contributed by atoms with Gasteiger partial charge in [0.2, 0.25) is 0 Å². The summed E-state index contributed by atoms with van der Waals surface area (Å²) in [6.07, 6.45) is 0.482. The minimum atomic E-state index is -3.79. The Hall–Kier alpha value is -1.97. The van der Waals surface area contributed by atoms with Crippen molar-refractivity contribution < 1.29 is 13.2 Å². The monoisotopic (exact) mass is 403 g/mol. The van der Waals surface area contributed by atoms with Crippen LogP contribution < -0.4 is 0 Å². The number of carbonyl (C=O) groups excluding carboxylic acids is 1. The van der Waals surface area contributed by atoms with Crippen molar-refractivity contribution in [1.29, 1.82) is 5.26 Å². The second kappa shape index (κ2) is 5.83. The smallest absolute Gasteiger partial charge is 0.183 e. The highest BCUT2D eigenvalue weighted by atomic mass is 79.9. The van der Waals surface area contributed by atoms with Crippen LogP contribution in [0.1, 0.15) is 17.0 Å². The number of aryl methyl sites for hydroxylation is 1. The van der Waals surface area contributed by atoms with Gasteiger partial charge in [0.05, 0.1) is 11.0 Å². The van der Waals surface area contributed by atoms with Gasteiger partial charge >= 0.3 is 0 Å². The molecule has 0 aromatic heterocycles. The lowest BCUT2D eigenvalue weighted by Gasteiger charge is -2.05. The standard InChI is InChI=1S/C18H14BrNO3S/c1-12-2-8-15(9-3-12)24(22,23)17-16(18(17,10-20)11-21)13-4-6-14(19)7-5-13/h2-9,11,16-17H,1H3/t16-,17-,18-/m1/s1. The maximum absolute atomic E-state index is 13.0. The molecule has 1 aliphatic rings. The summed E-state index contributed by atoms with van der Waals surface area (Å²) < 4.78 is 26.8. The van der Waals surface area contributed by atoms with Gasteiger partial charge in [0.15, 0.2) is 9.84 Å². The number of nitrogens with zero attached hydrogens (tertiary/aromatic N) is 1. The van der Waals surface area contributed by atoms with Crippen LogP contribution in [0.15, 0.2) is 57.9 Å². The van der Waals surface area contributed by atoms with Crippen molar-refractivity contribution in [2.75, 3.05) is 0 Å². The largest absolute Gasteiger partial charge is 0.302 e. The molecule has 0 saturated heterocycles. The Labute approximate surface area is 149 Å². The highest BCUT2D eigenvalue weighted by Crippen LogP contribution is 2.62. The lowest BCUT2D eigenvalue weighted by molar-refractivity contribution is -0.110. The van der Waals surface area contributed by atoms with Crippen molar-refractivity contribution in [1.82, 2.24) is 0 Å². The minimum absolute atomic E-state index is 0.138. The van der Waals surface area contributed by atoms with Gasteiger partial charge in [0.25, 0.3) is 0 Å². The van der Waals surface area contributed by atoms with Crippen molar-refractivity contribution in [2.24, 2.45) is 5.41 Å². The van der Waals surface area contributed by atoms with Gasteiger partial charge in [-0.2, -0.15) is 5.26 Å². The Balaban J connectivity index is 2.08. The van der Waals surface area contributed by atoms with Crippen molar-refractivity contribution in [3.8, 4) is 6.07 Å². The fourth-order valence-corrected chi connectivity index (χ4v) is 5.61. The van der Waals surface area contributed by atoms with Gasteiger partial charge in [-0.15, -0.1) is 0 Å². The van der Waals surface area contributed by atoms with Crippen molar-refractivity contribution in [3.05, 3.63) is 64.1 Å². The third-order valence-corrected chi connectivity index (χ3v) is 7.27. The fraction of sp³-hybridized carbons (Fsp3) is 0.222. The molecule has 4 nitrogen and oxygen atoms in total. The Bertz CT molecular complexity index is 930. The van der Waals surface area contributed by atoms with E-state index in [4.69, 9.17) is 0 Å². The number of hydrogen-bond acceptors (Lipinski definition) is 4. The topological polar surface area (TPSA) is 75.0 Å². The number of nitriles is 1. The molecule has 0 amide bonds. The van der Waals surface area contributed by atoms with E-state index in [-0.39, 0.29) is 4.90 Å². The first-order chi connectivity index (χ1) is 11.4. The zero-order valence-corrected chi connectivity index (χ0v) is 15.2. The summed E-state index contributed by atoms with van der Waals surface area (Å²) in [6.45, 7) is 1.86. The molecule has 0 unspecified atom stereocenters. The Morgan fingerprint density at radius 2 is 1.71 bits per heavy atom. The molecule has 122 valence electrons. The van der Waals surface area contributed by atoms with Gasteiger partial charge in [-0.3, -0.25) is 0 Å². The van der Waals surface area contributed by atoms with Gasteiger partial charge < -0.3 is 4.79 Å². The number of carbonyl (C=O) groups is 1. The highest BCUT2D eigenvalue weighted by Gasteiger charge is 2.72. The van der Waals surface area contributed by atoms with E-state index in [1.165, 1.54) is 12.1 Å². The molecule has 6 heteroatoms. The maximum Gasteiger partial charge on any atom is 0.183 e. The Kier molecular flexibility index (Phi) is 4.10. The van der Waals surface area contributed by atoms with Crippen LogP contribution in [0.4, 0.5) is 0 Å². The molecule has 0 bridgehead atoms. The third-order valence-electron chi connectivity index (χ3n) is 4.48. The molecule has 2 aromatic carbocycles. The zero-order valence-electron chi connectivity index (χ0n) is 12.8. The molecule has 3 rings (SSSR count). The van der Waals surface area contributed by atoms with E-state index < -0.39 is 26.4 Å². The van der Waals surface area contributed by atoms with Gasteiger partial charge in [-0.1, -0.05) is 45.8 Å². The van der Waals surface area contributed by atoms with E-state index >= 15 is 0 Å². The summed E-state index contributed by atoms with van der Waals surface area (Å²) in [5, 5.41) is 8.45. The molecular formula is C18H14BrNO3S. The molecule has 24 heavy (non-hydrogen) atoms. The van der Waals surface area contributed by atoms with Gasteiger partial charge in [0.1, 0.15) is 17.0 Å². The number of rotatable bonds is 4. The lowest BCUT2D eigenvalue weighted by atomic mass is 10.0. The number of benzene rings is 2. The van der Waals surface area contributed by atoms with Crippen LogP contribution in [0, 0.1) is 23.7 Å². The summed E-state index contributed by atoms with van der Waals surface area (Å²) in [5.41, 5.74) is 0.0843. The summed E-state index contributed by atoms with van der Waals surface area (Å²) in [6, 6.07) is 15.4. The molecule has 0 spiro atoms. The first-order valence-electron chi connectivity index (χ1n) is 7.30. The van der Waals surface area contributed by atoms with Crippen molar-refractivity contribution in [2.45, 2.75) is 23.0 Å². The average molecular weight is 404 g/mol. The van der Waals surface area contributed by atoms with Gasteiger partial charge in [0, 0.05) is 10.4 Å². The van der Waals surface area contributed by atoms with E-state index in [1.807, 2.05) is 13.0 Å². The second-order valence-corrected chi connectivity index (χ2v) is 8.96. The normalized spacial score (nSPS) is 25.7. The van der Waals surface area contributed by atoms with E-state index in [0.717, 1.165) is 10.0 Å². The van der Waals surface area contributed by atoms with Crippen LogP contribution >= 0.6 is 15.9 Å². The molecule has 0 N–H and O–H groups in total. The van der Waals surface area contributed by atoms with Crippen LogP contribution in [-0.2, 0) is 14.6 Å². The van der Waals surface area contributed by atoms with Crippen molar-refractivity contribution >= 4 is 32.1 Å². The fourth-order valence-electron chi connectivity index (χ4n) is 3.11. The molecular weight excluding hydrogens is 390 g/mol. The van der Waals surface area contributed by atoms with Crippen LogP contribution in [0.2, 0.25) is 0 Å². The summed E-state index contributed by atoms with van der Waals surface area (Å²) in [4.78, 5) is 11.8. The van der Waals surface area contributed by atoms with E-state index in [1.54, 1.807) is 36.4 Å². The molecule has 1 fully saturated rings. The quantitative estimate of drug-likeness (QED) is 0.732. The summed E-state index contributed by atoms with van der Waals surface area (Å²) >= 11 is 3.32. The minimum Gasteiger partial charge on any atom is -0.302 e. The Morgan fingerprint density at radius 3 is 2.21 bits per heavy atom. The Morgan fingerprint density at radius 1 is 1.12 bits per heavy atom. The maximum atomic E-state index is 13.0. The van der Waals surface area contributed by atoms with Crippen molar-refractivity contribution in [3.63, 3.8) is 0 Å². The SMILES string of the molecule is Cc1ccc(S(=O)(=O)[C@@H]2[C@@H](c3ccc(Br)cc3)[C@@]2(C#N)C=O)cc1. The van der Waals surface area contributed by atoms with Crippen LogP contribution in [-0.4, -0.2) is 20.0 Å². The van der Waals surface area contributed by atoms with E-state index in [2.05, 4.69) is 15.9 Å². The van der Waals surface area contributed by atoms with Crippen LogP contribution in [0.5, 0.6) is 0 Å². The predicted molar refractivity (Wildman–Crippen MR) is 93.1 cm³/mol. The first kappa shape index (κ1) is 16.9. The highest BCUT2D eigenvalue weighted by molar-refractivity contribution is 9.10. The molecule has 1 aliphatic carbocycles. The average Bonchev–Trinajstić information content (AvgIpc) is 3.26. The number of aldehydes is 1. The number of hydrogen-bond donors (Lipinski definition) is 0. The van der Waals surface area contributed by atoms with E-state index in [0.29, 0.717) is 11.8 Å². The predicted octanol–water partition coefficient (Wildman–Crippen LogP) is 3.41. The second-order valence-electron chi connectivity index (χ2n) is 5.97. The zero-order chi connectivity index (χ0) is 17.5. The summed E-state index contributed by atoms with van der Waals surface area (Å²) in [5.74, 6) is -0.653. The number of sulfone groups is 1. The molecule has 2 aromatic rings. The van der Waals surface area contributed by atoms with Crippen LogP contribution in [0.25, 0.3) is 0 Å². The van der Waals surface area contributed by atoms with Crippen LogP contribution in [0.3, 0.4) is 0 Å². The van der Waals surface area contributed by atoms with E-state index in [9.17, 15) is 18.5 Å². The molecule has 0 aliphatic heterocycles. The van der Waals surface area contributed by atoms with Gasteiger partial charge in [-0.25, -0.2) is 8.42 Å². The molecule has 0 radical (unpaired) electrons. The number of halogens is 1. The molecule has 0 heterocycles. The molecule has 3 atom stereocenters.